The van der Waals surface area contributed by atoms with E-state index >= 15 is 0 Å². The average molecular weight is 322 g/mol. The highest BCUT2D eigenvalue weighted by Gasteiger charge is 2.17. The Hall–Kier alpha value is -2.57. The van der Waals surface area contributed by atoms with E-state index in [9.17, 15) is 14.4 Å². The van der Waals surface area contributed by atoms with Crippen molar-refractivity contribution in [2.45, 2.75) is 39.2 Å². The quantitative estimate of drug-likeness (QED) is 0.813. The molecule has 23 heavy (non-hydrogen) atoms. The number of amides is 2. The van der Waals surface area contributed by atoms with Crippen molar-refractivity contribution in [1.29, 1.82) is 0 Å². The zero-order valence-corrected chi connectivity index (χ0v) is 13.8. The van der Waals surface area contributed by atoms with E-state index in [4.69, 9.17) is 4.74 Å². The molecule has 2 N–H and O–H groups in total. The number of nitrogens with one attached hydrogen (secondary N) is 2. The van der Waals surface area contributed by atoms with Crippen LogP contribution in [0.2, 0.25) is 0 Å². The lowest BCUT2D eigenvalue weighted by Crippen LogP contribution is -2.24. The highest BCUT2D eigenvalue weighted by molar-refractivity contribution is 5.93. The van der Waals surface area contributed by atoms with Gasteiger partial charge >= 0.3 is 12.1 Å². The Morgan fingerprint density at radius 1 is 0.957 bits per heavy atom. The van der Waals surface area contributed by atoms with Gasteiger partial charge in [0.05, 0.1) is 13.5 Å². The van der Waals surface area contributed by atoms with E-state index in [1.165, 1.54) is 7.11 Å². The molecule has 7 nitrogen and oxygen atoms in total. The minimum atomic E-state index is -0.570. The van der Waals surface area contributed by atoms with Crippen LogP contribution in [0.25, 0.3) is 0 Å². The van der Waals surface area contributed by atoms with Crippen LogP contribution in [0.3, 0.4) is 0 Å². The number of rotatable bonds is 5. The van der Waals surface area contributed by atoms with E-state index < -0.39 is 17.7 Å². The van der Waals surface area contributed by atoms with Gasteiger partial charge < -0.3 is 14.8 Å². The number of hydrogen-bond acceptors (Lipinski definition) is 5. The molecule has 0 heterocycles. The molecule has 7 heteroatoms. The van der Waals surface area contributed by atoms with Crippen LogP contribution in [0, 0.1) is 0 Å². The summed E-state index contributed by atoms with van der Waals surface area (Å²) in [6.07, 6.45) is -0.513. The molecule has 0 fully saturated rings. The van der Waals surface area contributed by atoms with Crippen molar-refractivity contribution in [2.24, 2.45) is 0 Å². The second-order valence-corrected chi connectivity index (χ2v) is 5.83. The minimum absolute atomic E-state index is 0.0189. The number of carbonyl (C=O) groups excluding carboxylic acids is 3. The van der Waals surface area contributed by atoms with Gasteiger partial charge in [-0.15, -0.1) is 0 Å². The molecule has 0 bridgehead atoms. The van der Waals surface area contributed by atoms with E-state index in [2.05, 4.69) is 15.4 Å². The number of carbonyl (C=O) groups is 3. The number of methoxy groups -OCH3 is 1. The maximum absolute atomic E-state index is 11.8. The van der Waals surface area contributed by atoms with Gasteiger partial charge in [0.1, 0.15) is 5.60 Å². The first-order valence-corrected chi connectivity index (χ1v) is 7.16. The maximum Gasteiger partial charge on any atom is 0.411 e. The number of ether oxygens (including phenoxy) is 2. The lowest BCUT2D eigenvalue weighted by Gasteiger charge is -2.19. The molecular weight excluding hydrogens is 300 g/mol. The van der Waals surface area contributed by atoms with E-state index in [0.717, 1.165) is 0 Å². The van der Waals surface area contributed by atoms with Crippen LogP contribution in [0.4, 0.5) is 16.2 Å². The largest absolute Gasteiger partial charge is 0.460 e. The van der Waals surface area contributed by atoms with Gasteiger partial charge in [0, 0.05) is 17.8 Å². The highest BCUT2D eigenvalue weighted by Crippen LogP contribution is 2.14. The summed E-state index contributed by atoms with van der Waals surface area (Å²) in [5, 5.41) is 5.16. The third kappa shape index (κ3) is 7.85. The predicted molar refractivity (Wildman–Crippen MR) is 86.2 cm³/mol. The Morgan fingerprint density at radius 3 is 1.96 bits per heavy atom. The first-order chi connectivity index (χ1) is 10.7. The minimum Gasteiger partial charge on any atom is -0.460 e. The molecule has 0 atom stereocenters. The summed E-state index contributed by atoms with van der Waals surface area (Å²) >= 11 is 0. The molecule has 0 radical (unpaired) electrons. The Balaban J connectivity index is 2.42. The van der Waals surface area contributed by atoms with Crippen molar-refractivity contribution < 1.29 is 23.9 Å². The summed E-state index contributed by atoms with van der Waals surface area (Å²) in [7, 11) is 1.27. The Kier molecular flexibility index (Phi) is 6.56. The van der Waals surface area contributed by atoms with Crippen molar-refractivity contribution in [1.82, 2.24) is 0 Å². The molecule has 1 aromatic rings. The fourth-order valence-electron chi connectivity index (χ4n) is 1.64. The number of hydrogen-bond donors (Lipinski definition) is 2. The second-order valence-electron chi connectivity index (χ2n) is 5.83. The van der Waals surface area contributed by atoms with Crippen LogP contribution in [0.15, 0.2) is 24.3 Å². The second kappa shape index (κ2) is 8.17. The van der Waals surface area contributed by atoms with Crippen molar-refractivity contribution in [2.75, 3.05) is 17.7 Å². The van der Waals surface area contributed by atoms with Gasteiger partial charge in [-0.1, -0.05) is 0 Å². The number of esters is 1. The smallest absolute Gasteiger partial charge is 0.411 e. The molecular formula is C16H22N2O5. The van der Waals surface area contributed by atoms with Crippen molar-refractivity contribution in [3.8, 4) is 0 Å². The summed E-state index contributed by atoms with van der Waals surface area (Å²) in [6.45, 7) is 5.32. The van der Waals surface area contributed by atoms with Gasteiger partial charge in [-0.2, -0.15) is 0 Å². The van der Waals surface area contributed by atoms with Gasteiger partial charge in [0.2, 0.25) is 5.91 Å². The SMILES string of the molecule is COC(=O)Nc1ccc(NC(=O)CCC(=O)OC(C)(C)C)cc1. The lowest BCUT2D eigenvalue weighted by molar-refractivity contribution is -0.155. The molecule has 1 rings (SSSR count). The molecule has 0 unspecified atom stereocenters. The van der Waals surface area contributed by atoms with Crippen molar-refractivity contribution in [3.05, 3.63) is 24.3 Å². The van der Waals surface area contributed by atoms with Gasteiger partial charge in [-0.05, 0) is 45.0 Å². The first-order valence-electron chi connectivity index (χ1n) is 7.16. The third-order valence-electron chi connectivity index (χ3n) is 2.58. The van der Waals surface area contributed by atoms with Crippen LogP contribution in [-0.2, 0) is 19.1 Å². The van der Waals surface area contributed by atoms with Crippen LogP contribution >= 0.6 is 0 Å². The molecule has 0 aliphatic carbocycles. The summed E-state index contributed by atoms with van der Waals surface area (Å²) in [4.78, 5) is 34.4. The molecule has 126 valence electrons. The molecule has 0 aromatic heterocycles. The van der Waals surface area contributed by atoms with Crippen molar-refractivity contribution in [3.63, 3.8) is 0 Å². The standard InChI is InChI=1S/C16H22N2O5/c1-16(2,3)23-14(20)10-9-13(19)17-11-5-7-12(8-6-11)18-15(21)22-4/h5-8H,9-10H2,1-4H3,(H,17,19)(H,18,21). The van der Waals surface area contributed by atoms with Gasteiger partial charge in [0.15, 0.2) is 0 Å². The summed E-state index contributed by atoms with van der Waals surface area (Å²) < 4.78 is 9.60. The van der Waals surface area contributed by atoms with E-state index in [1.807, 2.05) is 0 Å². The monoisotopic (exact) mass is 322 g/mol. The first kappa shape index (κ1) is 18.5. The van der Waals surface area contributed by atoms with Gasteiger partial charge in [-0.25, -0.2) is 4.79 Å². The van der Waals surface area contributed by atoms with Crippen LogP contribution in [0.5, 0.6) is 0 Å². The number of benzene rings is 1. The molecule has 2 amide bonds. The van der Waals surface area contributed by atoms with E-state index in [0.29, 0.717) is 11.4 Å². The van der Waals surface area contributed by atoms with Crippen LogP contribution in [-0.4, -0.2) is 30.7 Å². The topological polar surface area (TPSA) is 93.7 Å². The fourth-order valence-corrected chi connectivity index (χ4v) is 1.64. The molecule has 0 saturated heterocycles. The Labute approximate surface area is 135 Å². The normalized spacial score (nSPS) is 10.6. The average Bonchev–Trinajstić information content (AvgIpc) is 2.45. The van der Waals surface area contributed by atoms with Crippen molar-refractivity contribution >= 4 is 29.3 Å². The Bertz CT molecular complexity index is 561. The highest BCUT2D eigenvalue weighted by atomic mass is 16.6. The summed E-state index contributed by atoms with van der Waals surface area (Å²) in [5.74, 6) is -0.699. The third-order valence-corrected chi connectivity index (χ3v) is 2.58. The van der Waals surface area contributed by atoms with Crippen LogP contribution in [0.1, 0.15) is 33.6 Å². The zero-order valence-electron chi connectivity index (χ0n) is 13.8. The molecule has 0 aliphatic rings. The predicted octanol–water partition coefficient (Wildman–Crippen LogP) is 2.93. The summed E-state index contributed by atoms with van der Waals surface area (Å²) in [5.41, 5.74) is 0.550. The molecule has 0 spiro atoms. The zero-order chi connectivity index (χ0) is 17.5. The Morgan fingerprint density at radius 2 is 1.48 bits per heavy atom. The van der Waals surface area contributed by atoms with Crippen LogP contribution < -0.4 is 10.6 Å². The molecule has 0 aliphatic heterocycles. The van der Waals surface area contributed by atoms with E-state index in [1.54, 1.807) is 45.0 Å². The number of anilines is 2. The van der Waals surface area contributed by atoms with Gasteiger partial charge in [-0.3, -0.25) is 14.9 Å². The fraction of sp³-hybridized carbons (Fsp3) is 0.438. The molecule has 1 aromatic carbocycles. The van der Waals surface area contributed by atoms with Gasteiger partial charge in [0.25, 0.3) is 0 Å². The maximum atomic E-state index is 11.8. The van der Waals surface area contributed by atoms with E-state index in [-0.39, 0.29) is 18.7 Å². The lowest BCUT2D eigenvalue weighted by atomic mass is 10.2. The summed E-state index contributed by atoms with van der Waals surface area (Å²) in [6, 6.07) is 6.52. The molecule has 0 saturated carbocycles.